The number of ether oxygens (including phenoxy) is 1. The molecule has 2 aliphatic heterocycles. The maximum atomic E-state index is 13.7. The van der Waals surface area contributed by atoms with Gasteiger partial charge in [-0.3, -0.25) is 9.78 Å². The molecular formula is C27H28N4O3. The van der Waals surface area contributed by atoms with E-state index in [9.17, 15) is 9.90 Å². The maximum absolute atomic E-state index is 13.7. The Morgan fingerprint density at radius 1 is 1.15 bits per heavy atom. The van der Waals surface area contributed by atoms with E-state index in [1.807, 2.05) is 60.4 Å². The molecule has 0 aliphatic carbocycles. The molecule has 2 aliphatic rings. The van der Waals surface area contributed by atoms with E-state index in [-0.39, 0.29) is 29.7 Å². The molecule has 3 heterocycles. The van der Waals surface area contributed by atoms with Gasteiger partial charge in [-0.15, -0.1) is 0 Å². The quantitative estimate of drug-likeness (QED) is 0.471. The number of phenols is 1. The van der Waals surface area contributed by atoms with Gasteiger partial charge >= 0.3 is 0 Å². The lowest BCUT2D eigenvalue weighted by Crippen LogP contribution is -2.41. The second-order valence-electron chi connectivity index (χ2n) is 8.83. The maximum Gasteiger partial charge on any atom is 0.242 e. The number of nitrogens with zero attached hydrogens (tertiary/aromatic N) is 2. The van der Waals surface area contributed by atoms with Gasteiger partial charge < -0.3 is 14.7 Å². The first-order chi connectivity index (χ1) is 16.6. The van der Waals surface area contributed by atoms with E-state index in [1.54, 1.807) is 24.5 Å². The van der Waals surface area contributed by atoms with E-state index < -0.39 is 6.04 Å². The number of hydrogen-bond acceptors (Lipinski definition) is 6. The number of pyridine rings is 1. The van der Waals surface area contributed by atoms with E-state index >= 15 is 0 Å². The highest BCUT2D eigenvalue weighted by atomic mass is 16.5. The van der Waals surface area contributed by atoms with Gasteiger partial charge in [0.2, 0.25) is 5.91 Å². The number of aromatic hydroxyl groups is 1. The minimum atomic E-state index is -0.427. The van der Waals surface area contributed by atoms with E-state index in [1.165, 1.54) is 0 Å². The van der Waals surface area contributed by atoms with Crippen LogP contribution in [0.5, 0.6) is 11.5 Å². The molecule has 0 saturated carbocycles. The Bertz CT molecular complexity index is 1200. The van der Waals surface area contributed by atoms with Crippen LogP contribution in [0.25, 0.3) is 0 Å². The number of benzene rings is 2. The second-order valence-corrected chi connectivity index (χ2v) is 8.83. The molecule has 5 rings (SSSR count). The Hall–Kier alpha value is -3.68. The van der Waals surface area contributed by atoms with Crippen LogP contribution in [0.3, 0.4) is 0 Å². The van der Waals surface area contributed by atoms with Crippen molar-refractivity contribution in [2.45, 2.75) is 31.6 Å². The summed E-state index contributed by atoms with van der Waals surface area (Å²) >= 11 is 0. The molecule has 2 saturated heterocycles. The fraction of sp³-hybridized carbons (Fsp3) is 0.259. The normalized spacial score (nSPS) is 23.7. The Labute approximate surface area is 199 Å². The number of likely N-dealkylation sites (tertiary alicyclic amines) is 1. The largest absolute Gasteiger partial charge is 0.508 e. The molecule has 4 unspecified atom stereocenters. The van der Waals surface area contributed by atoms with Crippen LogP contribution >= 0.6 is 0 Å². The molecule has 7 heteroatoms. The number of fused-ring (bicyclic) bond motifs is 1. The van der Waals surface area contributed by atoms with Crippen molar-refractivity contribution in [2.24, 2.45) is 5.92 Å². The van der Waals surface area contributed by atoms with Crippen molar-refractivity contribution < 1.29 is 14.6 Å². The molecule has 174 valence electrons. The second kappa shape index (κ2) is 9.29. The van der Waals surface area contributed by atoms with E-state index in [0.717, 1.165) is 28.0 Å². The zero-order valence-corrected chi connectivity index (χ0v) is 19.0. The fourth-order valence-corrected chi connectivity index (χ4v) is 5.10. The Kier molecular flexibility index (Phi) is 6.04. The summed E-state index contributed by atoms with van der Waals surface area (Å²) in [7, 11) is 0. The topological polar surface area (TPSA) is 86.7 Å². The first kappa shape index (κ1) is 22.1. The first-order valence-electron chi connectivity index (χ1n) is 11.4. The van der Waals surface area contributed by atoms with Gasteiger partial charge in [0.1, 0.15) is 24.1 Å². The van der Waals surface area contributed by atoms with Crippen molar-refractivity contribution in [3.63, 3.8) is 0 Å². The molecule has 0 spiro atoms. The van der Waals surface area contributed by atoms with Crippen LogP contribution < -0.4 is 15.6 Å². The summed E-state index contributed by atoms with van der Waals surface area (Å²) in [6.07, 6.45) is 5.22. The van der Waals surface area contributed by atoms with Crippen LogP contribution in [0.2, 0.25) is 0 Å². The monoisotopic (exact) mass is 456 g/mol. The van der Waals surface area contributed by atoms with Crippen molar-refractivity contribution >= 4 is 5.91 Å². The standard InChI is InChI=1S/C27H28N4O3/c1-3-12-34-20-8-4-7-19(14-20)26-23-24(21-13-17(2)9-10-22(21)32)29-30-25(23)27(33)31(26)16-18-6-5-11-28-15-18/h3-11,13-15,23-26,29-30,32H,1,12,16H2,2H3. The van der Waals surface area contributed by atoms with Crippen molar-refractivity contribution in [2.75, 3.05) is 6.61 Å². The lowest BCUT2D eigenvalue weighted by molar-refractivity contribution is -0.131. The average molecular weight is 457 g/mol. The molecule has 0 radical (unpaired) electrons. The van der Waals surface area contributed by atoms with Gasteiger partial charge in [-0.2, -0.15) is 0 Å². The number of nitrogens with one attached hydrogen (secondary N) is 2. The molecule has 2 aromatic carbocycles. The van der Waals surface area contributed by atoms with E-state index in [4.69, 9.17) is 4.74 Å². The van der Waals surface area contributed by atoms with Gasteiger partial charge in [0.15, 0.2) is 0 Å². The van der Waals surface area contributed by atoms with Crippen molar-refractivity contribution in [1.29, 1.82) is 0 Å². The number of hydrazine groups is 1. The number of amides is 1. The molecule has 1 amide bonds. The number of carbonyl (C=O) groups excluding carboxylic acids is 1. The molecule has 3 N–H and O–H groups in total. The first-order valence-corrected chi connectivity index (χ1v) is 11.4. The summed E-state index contributed by atoms with van der Waals surface area (Å²) in [5.74, 6) is 0.805. The molecular weight excluding hydrogens is 428 g/mol. The predicted octanol–water partition coefficient (Wildman–Crippen LogP) is 3.58. The Balaban J connectivity index is 1.58. The molecule has 4 atom stereocenters. The number of carbonyl (C=O) groups is 1. The smallest absolute Gasteiger partial charge is 0.242 e. The Morgan fingerprint density at radius 3 is 2.79 bits per heavy atom. The SMILES string of the molecule is C=CCOc1cccc(C2C3C(NNC3c3cc(C)ccc3O)C(=O)N2Cc2cccnc2)c1. The van der Waals surface area contributed by atoms with Crippen LogP contribution in [0.4, 0.5) is 0 Å². The number of aryl methyl sites for hydroxylation is 1. The summed E-state index contributed by atoms with van der Waals surface area (Å²) in [4.78, 5) is 19.8. The van der Waals surface area contributed by atoms with Gasteiger partial charge in [0.25, 0.3) is 0 Å². The highest BCUT2D eigenvalue weighted by Gasteiger charge is 2.55. The van der Waals surface area contributed by atoms with Gasteiger partial charge in [-0.05, 0) is 42.3 Å². The molecule has 0 bridgehead atoms. The summed E-state index contributed by atoms with van der Waals surface area (Å²) in [6, 6.07) is 16.4. The van der Waals surface area contributed by atoms with Crippen LogP contribution in [0.15, 0.2) is 79.6 Å². The summed E-state index contributed by atoms with van der Waals surface area (Å²) in [5.41, 5.74) is 10.3. The third-order valence-electron chi connectivity index (χ3n) is 6.57. The van der Waals surface area contributed by atoms with Crippen molar-refractivity contribution in [3.05, 3.63) is 102 Å². The van der Waals surface area contributed by atoms with Crippen LogP contribution in [0.1, 0.15) is 34.3 Å². The third-order valence-corrected chi connectivity index (χ3v) is 6.57. The highest BCUT2D eigenvalue weighted by Crippen LogP contribution is 2.49. The van der Waals surface area contributed by atoms with Crippen LogP contribution in [-0.4, -0.2) is 33.5 Å². The number of aromatic nitrogens is 1. The van der Waals surface area contributed by atoms with Crippen LogP contribution in [0, 0.1) is 12.8 Å². The van der Waals surface area contributed by atoms with Crippen molar-refractivity contribution in [1.82, 2.24) is 20.7 Å². The molecule has 2 fully saturated rings. The zero-order valence-electron chi connectivity index (χ0n) is 19.0. The zero-order chi connectivity index (χ0) is 23.7. The third kappa shape index (κ3) is 4.04. The van der Waals surface area contributed by atoms with Gasteiger partial charge in [0.05, 0.1) is 12.1 Å². The van der Waals surface area contributed by atoms with Gasteiger partial charge in [-0.1, -0.05) is 48.6 Å². The van der Waals surface area contributed by atoms with Gasteiger partial charge in [-0.25, -0.2) is 10.9 Å². The average Bonchev–Trinajstić information content (AvgIpc) is 3.39. The van der Waals surface area contributed by atoms with Crippen molar-refractivity contribution in [3.8, 4) is 11.5 Å². The lowest BCUT2D eigenvalue weighted by atomic mass is 9.82. The molecule has 34 heavy (non-hydrogen) atoms. The minimum absolute atomic E-state index is 0.0124. The molecule has 1 aromatic heterocycles. The number of rotatable bonds is 7. The van der Waals surface area contributed by atoms with Crippen LogP contribution in [-0.2, 0) is 11.3 Å². The molecule has 7 nitrogen and oxygen atoms in total. The summed E-state index contributed by atoms with van der Waals surface area (Å²) in [5, 5.41) is 10.7. The summed E-state index contributed by atoms with van der Waals surface area (Å²) < 4.78 is 5.79. The van der Waals surface area contributed by atoms with Gasteiger partial charge in [0, 0.05) is 30.4 Å². The van der Waals surface area contributed by atoms with E-state index in [0.29, 0.717) is 13.2 Å². The predicted molar refractivity (Wildman–Crippen MR) is 129 cm³/mol. The number of hydrogen-bond donors (Lipinski definition) is 3. The van der Waals surface area contributed by atoms with E-state index in [2.05, 4.69) is 22.4 Å². The lowest BCUT2D eigenvalue weighted by Gasteiger charge is -2.31. The Morgan fingerprint density at radius 2 is 2.00 bits per heavy atom. The summed E-state index contributed by atoms with van der Waals surface area (Å²) in [6.45, 7) is 6.56. The number of phenolic OH excluding ortho intramolecular Hbond substituents is 1. The minimum Gasteiger partial charge on any atom is -0.508 e. The highest BCUT2D eigenvalue weighted by molar-refractivity contribution is 5.86. The molecule has 3 aromatic rings. The fourth-order valence-electron chi connectivity index (χ4n) is 5.10.